The Balaban J connectivity index is 3.00. The molecule has 0 atom stereocenters. The van der Waals surface area contributed by atoms with Crippen LogP contribution in [0.5, 0.6) is 0 Å². The van der Waals surface area contributed by atoms with Crippen molar-refractivity contribution in [2.24, 2.45) is 4.99 Å². The number of halogens is 1. The summed E-state index contributed by atoms with van der Waals surface area (Å²) in [5.74, 6) is 0. The van der Waals surface area contributed by atoms with Gasteiger partial charge in [-0.2, -0.15) is 0 Å². The fraction of sp³-hybridized carbons (Fsp3) is 0.125. The van der Waals surface area contributed by atoms with Crippen LogP contribution in [-0.4, -0.2) is 11.5 Å². The molecule has 64 valence electrons. The van der Waals surface area contributed by atoms with Crippen LogP contribution in [0.4, 0.5) is 5.69 Å². The van der Waals surface area contributed by atoms with Crippen molar-refractivity contribution in [3.05, 3.63) is 28.2 Å². The molecule has 0 fully saturated rings. The lowest BCUT2D eigenvalue weighted by atomic mass is 10.2. The molecule has 0 aliphatic rings. The van der Waals surface area contributed by atoms with Gasteiger partial charge in [-0.15, -0.1) is 0 Å². The van der Waals surface area contributed by atoms with Gasteiger partial charge in [-0.1, -0.05) is 22.0 Å². The first kappa shape index (κ1) is 9.22. The quantitative estimate of drug-likeness (QED) is 0.464. The summed E-state index contributed by atoms with van der Waals surface area (Å²) in [6.45, 7) is 1.95. The SMILES string of the molecule is Cc1c(Br)cccc1N=CNO. The molecule has 0 saturated carbocycles. The summed E-state index contributed by atoms with van der Waals surface area (Å²) in [7, 11) is 0. The predicted molar refractivity (Wildman–Crippen MR) is 52.0 cm³/mol. The van der Waals surface area contributed by atoms with Gasteiger partial charge in [0.2, 0.25) is 0 Å². The van der Waals surface area contributed by atoms with Crippen LogP contribution in [0.2, 0.25) is 0 Å². The number of hydrogen-bond acceptors (Lipinski definition) is 2. The molecule has 1 aromatic carbocycles. The molecule has 0 amide bonds. The number of rotatable bonds is 2. The number of hydrogen-bond donors (Lipinski definition) is 2. The summed E-state index contributed by atoms with van der Waals surface area (Å²) in [5.41, 5.74) is 3.73. The van der Waals surface area contributed by atoms with Gasteiger partial charge in [0.05, 0.1) is 5.69 Å². The van der Waals surface area contributed by atoms with Crippen molar-refractivity contribution in [2.45, 2.75) is 6.92 Å². The molecule has 0 radical (unpaired) electrons. The number of nitrogens with one attached hydrogen (secondary N) is 1. The fourth-order valence-corrected chi connectivity index (χ4v) is 1.19. The first-order chi connectivity index (χ1) is 5.75. The molecule has 0 saturated heterocycles. The van der Waals surface area contributed by atoms with Gasteiger partial charge in [0, 0.05) is 4.47 Å². The minimum absolute atomic E-state index is 0.825. The average molecular weight is 229 g/mol. The van der Waals surface area contributed by atoms with Crippen molar-refractivity contribution in [1.29, 1.82) is 0 Å². The third-order valence-electron chi connectivity index (χ3n) is 1.50. The van der Waals surface area contributed by atoms with E-state index < -0.39 is 0 Å². The van der Waals surface area contributed by atoms with Gasteiger partial charge in [0.15, 0.2) is 0 Å². The van der Waals surface area contributed by atoms with E-state index in [-0.39, 0.29) is 0 Å². The summed E-state index contributed by atoms with van der Waals surface area (Å²) >= 11 is 3.38. The minimum Gasteiger partial charge on any atom is -0.290 e. The number of nitrogens with zero attached hydrogens (tertiary/aromatic N) is 1. The lowest BCUT2D eigenvalue weighted by Crippen LogP contribution is -2.01. The van der Waals surface area contributed by atoms with E-state index in [9.17, 15) is 0 Å². The number of benzene rings is 1. The number of hydroxylamine groups is 1. The standard InChI is InChI=1S/C8H9BrN2O/c1-6-7(9)3-2-4-8(6)10-5-11-12/h2-5,12H,1H3,(H,10,11). The van der Waals surface area contributed by atoms with Gasteiger partial charge in [-0.25, -0.2) is 4.99 Å². The molecule has 0 unspecified atom stereocenters. The highest BCUT2D eigenvalue weighted by Gasteiger charge is 1.97. The van der Waals surface area contributed by atoms with E-state index in [2.05, 4.69) is 20.9 Å². The van der Waals surface area contributed by atoms with Gasteiger partial charge in [0.1, 0.15) is 6.34 Å². The van der Waals surface area contributed by atoms with E-state index in [0.29, 0.717) is 0 Å². The Hall–Kier alpha value is -0.870. The lowest BCUT2D eigenvalue weighted by molar-refractivity contribution is 0.240. The Labute approximate surface area is 79.2 Å². The maximum absolute atomic E-state index is 8.28. The van der Waals surface area contributed by atoms with E-state index in [0.717, 1.165) is 15.7 Å². The van der Waals surface area contributed by atoms with Gasteiger partial charge in [-0.05, 0) is 24.6 Å². The molecule has 0 spiro atoms. The van der Waals surface area contributed by atoms with Crippen molar-refractivity contribution < 1.29 is 5.21 Å². The van der Waals surface area contributed by atoms with Crippen LogP contribution in [0.15, 0.2) is 27.7 Å². The monoisotopic (exact) mass is 228 g/mol. The van der Waals surface area contributed by atoms with Crippen molar-refractivity contribution in [3.63, 3.8) is 0 Å². The molecule has 12 heavy (non-hydrogen) atoms. The molecule has 3 nitrogen and oxygen atoms in total. The van der Waals surface area contributed by atoms with E-state index >= 15 is 0 Å². The highest BCUT2D eigenvalue weighted by Crippen LogP contribution is 2.25. The first-order valence-electron chi connectivity index (χ1n) is 3.43. The summed E-state index contributed by atoms with van der Waals surface area (Å²) in [6.07, 6.45) is 1.23. The fourth-order valence-electron chi connectivity index (χ4n) is 0.834. The highest BCUT2D eigenvalue weighted by atomic mass is 79.9. The zero-order valence-electron chi connectivity index (χ0n) is 6.58. The zero-order chi connectivity index (χ0) is 8.97. The Bertz CT molecular complexity index is 299. The second-order valence-electron chi connectivity index (χ2n) is 2.27. The van der Waals surface area contributed by atoms with Gasteiger partial charge in [0.25, 0.3) is 0 Å². The second-order valence-corrected chi connectivity index (χ2v) is 3.13. The predicted octanol–water partition coefficient (Wildman–Crippen LogP) is 2.40. The van der Waals surface area contributed by atoms with Crippen molar-refractivity contribution in [1.82, 2.24) is 5.48 Å². The molecule has 0 heterocycles. The summed E-state index contributed by atoms with van der Waals surface area (Å²) < 4.78 is 1.01. The van der Waals surface area contributed by atoms with E-state index in [4.69, 9.17) is 5.21 Å². The zero-order valence-corrected chi connectivity index (χ0v) is 8.17. The summed E-state index contributed by atoms with van der Waals surface area (Å²) in [4.78, 5) is 3.97. The Morgan fingerprint density at radius 1 is 1.58 bits per heavy atom. The second kappa shape index (κ2) is 4.23. The van der Waals surface area contributed by atoms with Crippen LogP contribution in [0, 0.1) is 6.92 Å². The van der Waals surface area contributed by atoms with Gasteiger partial charge < -0.3 is 0 Å². The summed E-state index contributed by atoms with van der Waals surface area (Å²) in [5, 5.41) is 8.28. The molecule has 0 aromatic heterocycles. The largest absolute Gasteiger partial charge is 0.290 e. The van der Waals surface area contributed by atoms with Gasteiger partial charge >= 0.3 is 0 Å². The third kappa shape index (κ3) is 2.06. The topological polar surface area (TPSA) is 44.6 Å². The van der Waals surface area contributed by atoms with Crippen LogP contribution in [0.1, 0.15) is 5.56 Å². The lowest BCUT2D eigenvalue weighted by Gasteiger charge is -2.00. The van der Waals surface area contributed by atoms with E-state index in [1.807, 2.05) is 30.6 Å². The maximum atomic E-state index is 8.28. The van der Waals surface area contributed by atoms with Crippen LogP contribution < -0.4 is 5.48 Å². The smallest absolute Gasteiger partial charge is 0.113 e. The molecular weight excluding hydrogens is 220 g/mol. The molecule has 2 N–H and O–H groups in total. The molecular formula is C8H9BrN2O. The Morgan fingerprint density at radius 2 is 2.33 bits per heavy atom. The number of aliphatic imine (C=N–C) groups is 1. The van der Waals surface area contributed by atoms with Gasteiger partial charge in [-0.3, -0.25) is 10.7 Å². The normalized spacial score (nSPS) is 10.6. The van der Waals surface area contributed by atoms with E-state index in [1.54, 1.807) is 0 Å². The minimum atomic E-state index is 0.825. The first-order valence-corrected chi connectivity index (χ1v) is 4.22. The Kier molecular flexibility index (Phi) is 3.25. The van der Waals surface area contributed by atoms with Crippen LogP contribution in [0.3, 0.4) is 0 Å². The molecule has 1 rings (SSSR count). The summed E-state index contributed by atoms with van der Waals surface area (Å²) in [6, 6.07) is 5.70. The molecule has 0 aliphatic carbocycles. The van der Waals surface area contributed by atoms with Crippen molar-refractivity contribution in [3.8, 4) is 0 Å². The van der Waals surface area contributed by atoms with Crippen LogP contribution >= 0.6 is 15.9 Å². The molecule has 0 bridgehead atoms. The molecule has 4 heteroatoms. The Morgan fingerprint density at radius 3 is 3.00 bits per heavy atom. The van der Waals surface area contributed by atoms with Crippen molar-refractivity contribution >= 4 is 28.0 Å². The highest BCUT2D eigenvalue weighted by molar-refractivity contribution is 9.10. The maximum Gasteiger partial charge on any atom is 0.113 e. The van der Waals surface area contributed by atoms with E-state index in [1.165, 1.54) is 6.34 Å². The van der Waals surface area contributed by atoms with Crippen LogP contribution in [0.25, 0.3) is 0 Å². The average Bonchev–Trinajstić information content (AvgIpc) is 2.08. The van der Waals surface area contributed by atoms with Crippen molar-refractivity contribution in [2.75, 3.05) is 0 Å². The third-order valence-corrected chi connectivity index (χ3v) is 2.36. The molecule has 1 aromatic rings. The van der Waals surface area contributed by atoms with Crippen LogP contribution in [-0.2, 0) is 0 Å². The molecule has 0 aliphatic heterocycles.